The number of alkyl halides is 12. The summed E-state index contributed by atoms with van der Waals surface area (Å²) in [4.78, 5) is 1.01. The normalized spacial score (nSPS) is 21.8. The molecule has 2 saturated heterocycles. The van der Waals surface area contributed by atoms with Crippen molar-refractivity contribution in [3.63, 3.8) is 0 Å². The van der Waals surface area contributed by atoms with E-state index in [9.17, 15) is 73.1 Å². The first-order chi connectivity index (χ1) is 17.6. The van der Waals surface area contributed by atoms with Crippen molar-refractivity contribution in [2.24, 2.45) is 0 Å². The van der Waals surface area contributed by atoms with Gasteiger partial charge in [0.2, 0.25) is 0 Å². The summed E-state index contributed by atoms with van der Waals surface area (Å²) < 4.78 is 156. The van der Waals surface area contributed by atoms with Crippen LogP contribution in [0.1, 0.15) is 53.4 Å². The van der Waals surface area contributed by atoms with Crippen molar-refractivity contribution >= 4 is 0 Å². The van der Waals surface area contributed by atoms with Gasteiger partial charge in [-0.2, -0.15) is 52.7 Å². The Morgan fingerprint density at radius 3 is 0.927 bits per heavy atom. The molecule has 2 aliphatic heterocycles. The maximum atomic E-state index is 13.0. The molecule has 0 aromatic heterocycles. The molecule has 242 valence electrons. The standard InChI is InChI=1S/C16H18F12N2O2.2C3H7O.Ti/c17-13(18,19)11(31,14(20,21)22)7-29-5-1-3-9(29)10-4-2-6-30(10)8-12(32,15(23,24)25)16(26,27)28;2*1-3(2)4;/h9-10H,1-8H2;2*3H,1-2H3;/q-2;2*-1;+4/t9-,10-;;;/m1.../s1. The molecule has 0 radical (unpaired) electrons. The van der Waals surface area contributed by atoms with Gasteiger partial charge in [0.15, 0.2) is 0 Å². The first-order valence-corrected chi connectivity index (χ1v) is 12.1. The van der Waals surface area contributed by atoms with E-state index in [-0.39, 0.29) is 47.4 Å². The van der Waals surface area contributed by atoms with E-state index < -0.39 is 86.4 Å². The zero-order valence-corrected chi connectivity index (χ0v) is 24.1. The molecule has 2 fully saturated rings. The Bertz CT molecular complexity index is 665. The molecule has 2 heterocycles. The molecule has 0 N–H and O–H groups in total. The largest absolute Gasteiger partial charge is 4.00 e. The van der Waals surface area contributed by atoms with Gasteiger partial charge in [-0.05, 0) is 38.8 Å². The first-order valence-electron chi connectivity index (χ1n) is 12.1. The fourth-order valence-electron chi connectivity index (χ4n) is 4.22. The van der Waals surface area contributed by atoms with Gasteiger partial charge in [-0.1, -0.05) is 27.7 Å². The van der Waals surface area contributed by atoms with E-state index in [0.717, 1.165) is 0 Å². The van der Waals surface area contributed by atoms with E-state index in [0.29, 0.717) is 9.80 Å². The minimum Gasteiger partial charge on any atom is -0.852 e. The Morgan fingerprint density at radius 1 is 0.561 bits per heavy atom. The van der Waals surface area contributed by atoms with Crippen molar-refractivity contribution < 1.29 is 94.8 Å². The monoisotopic (exact) mass is 664 g/mol. The van der Waals surface area contributed by atoms with Gasteiger partial charge in [-0.25, -0.2) is 0 Å². The van der Waals surface area contributed by atoms with Crippen molar-refractivity contribution in [2.45, 2.75) is 114 Å². The van der Waals surface area contributed by atoms with Gasteiger partial charge >= 0.3 is 46.4 Å². The minimum absolute atomic E-state index is 0. The Hall–Kier alpha value is -0.366. The Morgan fingerprint density at radius 2 is 0.756 bits per heavy atom. The van der Waals surface area contributed by atoms with Crippen molar-refractivity contribution in [3.8, 4) is 0 Å². The van der Waals surface area contributed by atoms with Gasteiger partial charge in [-0.15, -0.1) is 12.2 Å². The molecule has 19 heteroatoms. The van der Waals surface area contributed by atoms with Crippen molar-refractivity contribution in [2.75, 3.05) is 26.2 Å². The smallest absolute Gasteiger partial charge is 0.852 e. The summed E-state index contributed by atoms with van der Waals surface area (Å²) in [5.74, 6) is 0. The molecule has 0 spiro atoms. The topological polar surface area (TPSA) is 98.7 Å². The number of nitrogens with zero attached hydrogens (tertiary/aromatic N) is 2. The van der Waals surface area contributed by atoms with Crippen molar-refractivity contribution in [1.29, 1.82) is 0 Å². The van der Waals surface area contributed by atoms with Crippen LogP contribution >= 0.6 is 0 Å². The van der Waals surface area contributed by atoms with Crippen LogP contribution in [0.15, 0.2) is 0 Å². The second kappa shape index (κ2) is 15.6. The molecule has 6 nitrogen and oxygen atoms in total. The van der Waals surface area contributed by atoms with Crippen LogP contribution in [0.5, 0.6) is 0 Å². The maximum Gasteiger partial charge on any atom is 4.00 e. The van der Waals surface area contributed by atoms with Gasteiger partial charge in [-0.3, -0.25) is 9.80 Å². The summed E-state index contributed by atoms with van der Waals surface area (Å²) >= 11 is 0. The van der Waals surface area contributed by atoms with E-state index in [4.69, 9.17) is 0 Å². The van der Waals surface area contributed by atoms with Gasteiger partial charge < -0.3 is 20.4 Å². The molecule has 0 aromatic rings. The number of halogens is 12. The third-order valence-corrected chi connectivity index (χ3v) is 5.96. The fourth-order valence-corrected chi connectivity index (χ4v) is 4.22. The predicted molar refractivity (Wildman–Crippen MR) is 109 cm³/mol. The second-order valence-electron chi connectivity index (χ2n) is 10.1. The summed E-state index contributed by atoms with van der Waals surface area (Å²) in [6.45, 7) is 1.37. The van der Waals surface area contributed by atoms with E-state index in [1.807, 2.05) is 0 Å². The molecular weight excluding hydrogens is 632 g/mol. The minimum atomic E-state index is -6.25. The van der Waals surface area contributed by atoms with Crippen LogP contribution in [0, 0.1) is 0 Å². The average molecular weight is 664 g/mol. The first kappa shape index (κ1) is 42.8. The molecule has 2 aliphatic rings. The zero-order chi connectivity index (χ0) is 32.1. The number of rotatable bonds is 5. The molecule has 2 atom stereocenters. The van der Waals surface area contributed by atoms with Crippen LogP contribution in [0.25, 0.3) is 0 Å². The van der Waals surface area contributed by atoms with E-state index >= 15 is 0 Å². The van der Waals surface area contributed by atoms with E-state index in [1.54, 1.807) is 27.7 Å². The van der Waals surface area contributed by atoms with Gasteiger partial charge in [0.05, 0.1) is 11.2 Å². The summed E-state index contributed by atoms with van der Waals surface area (Å²) in [5, 5.41) is 42.6. The number of likely N-dealkylation sites (tertiary alicyclic amines) is 2. The van der Waals surface area contributed by atoms with Crippen LogP contribution in [0.2, 0.25) is 0 Å². The number of hydrogen-bond acceptors (Lipinski definition) is 6. The molecule has 0 aliphatic carbocycles. The molecule has 41 heavy (non-hydrogen) atoms. The molecule has 0 aromatic carbocycles. The Kier molecular flexibility index (Phi) is 16.2. The van der Waals surface area contributed by atoms with Gasteiger partial charge in [0.25, 0.3) is 0 Å². The fraction of sp³-hybridized carbons (Fsp3) is 1.00. The molecule has 0 bridgehead atoms. The SMILES string of the molecule is CC(C)[O-].CC(C)[O-].[O-]C(CN1CCC[C@@H]1[C@H]1CCCN1CC([O-])(C(F)(F)F)C(F)(F)F)(C(F)(F)F)C(F)(F)F.[Ti+4]. The maximum absolute atomic E-state index is 13.0. The number of hydrogen-bond donors (Lipinski definition) is 0. The van der Waals surface area contributed by atoms with Crippen molar-refractivity contribution in [3.05, 3.63) is 0 Å². The summed E-state index contributed by atoms with van der Waals surface area (Å²) in [7, 11) is 0. The van der Waals surface area contributed by atoms with Crippen LogP contribution in [-0.2, 0) is 21.7 Å². The van der Waals surface area contributed by atoms with Crippen LogP contribution in [-0.4, -0.2) is 96.2 Å². The third-order valence-electron chi connectivity index (χ3n) is 5.96. The summed E-state index contributed by atoms with van der Waals surface area (Å²) in [5.41, 5.74) is -10.8. The van der Waals surface area contributed by atoms with Crippen molar-refractivity contribution in [1.82, 2.24) is 9.80 Å². The summed E-state index contributed by atoms with van der Waals surface area (Å²) in [6.07, 6.45) is -26.2. The van der Waals surface area contributed by atoms with Crippen LogP contribution < -0.4 is 20.4 Å². The van der Waals surface area contributed by atoms with Gasteiger partial charge in [0, 0.05) is 25.2 Å². The zero-order valence-electron chi connectivity index (χ0n) is 22.5. The molecule has 0 unspecified atom stereocenters. The average Bonchev–Trinajstić information content (AvgIpc) is 3.32. The summed E-state index contributed by atoms with van der Waals surface area (Å²) in [6, 6.07) is -2.69. The van der Waals surface area contributed by atoms with Gasteiger partial charge in [0.1, 0.15) is 0 Å². The van der Waals surface area contributed by atoms with E-state index in [2.05, 4.69) is 0 Å². The molecule has 2 rings (SSSR count). The van der Waals surface area contributed by atoms with Crippen LogP contribution in [0.4, 0.5) is 52.7 Å². The Labute approximate surface area is 244 Å². The molecule has 0 saturated carbocycles. The molecule has 0 amide bonds. The van der Waals surface area contributed by atoms with E-state index in [1.165, 1.54) is 0 Å². The Balaban J connectivity index is 0. The second-order valence-corrected chi connectivity index (χ2v) is 10.1. The van der Waals surface area contributed by atoms with Crippen LogP contribution in [0.3, 0.4) is 0 Å². The molecular formula is C22H32F12N2O4Ti. The third kappa shape index (κ3) is 11.6. The predicted octanol–water partition coefficient (Wildman–Crippen LogP) is 1.87. The quantitative estimate of drug-likeness (QED) is 0.329.